The highest BCUT2D eigenvalue weighted by Gasteiger charge is 2.25. The molecule has 25 heavy (non-hydrogen) atoms. The Morgan fingerprint density at radius 2 is 1.92 bits per heavy atom. The first-order chi connectivity index (χ1) is 11.4. The van der Waals surface area contributed by atoms with Gasteiger partial charge in [-0.3, -0.25) is 4.79 Å². The number of halogens is 2. The first kappa shape index (κ1) is 19.9. The lowest BCUT2D eigenvalue weighted by Crippen LogP contribution is -2.31. The fourth-order valence-corrected chi connectivity index (χ4v) is 4.56. The molecule has 0 bridgehead atoms. The molecule has 0 spiro atoms. The van der Waals surface area contributed by atoms with Crippen LogP contribution in [0.4, 0.5) is 5.69 Å². The number of aromatic nitrogens is 1. The highest BCUT2D eigenvalue weighted by Crippen LogP contribution is 2.29. The molecule has 0 aliphatic rings. The van der Waals surface area contributed by atoms with E-state index in [2.05, 4.69) is 4.98 Å². The van der Waals surface area contributed by atoms with Crippen molar-refractivity contribution in [3.63, 3.8) is 0 Å². The number of benzene rings is 1. The average molecular weight is 494 g/mol. The molecule has 1 aromatic heterocycles. The van der Waals surface area contributed by atoms with Gasteiger partial charge in [-0.2, -0.15) is 0 Å². The zero-order valence-corrected chi connectivity index (χ0v) is 17.5. The van der Waals surface area contributed by atoms with Gasteiger partial charge in [0.25, 0.3) is 15.9 Å². The Kier molecular flexibility index (Phi) is 5.65. The first-order valence-electron chi connectivity index (χ1n) is 7.21. The third-order valence-electron chi connectivity index (χ3n) is 3.28. The lowest BCUT2D eigenvalue weighted by molar-refractivity contribution is 0.0981. The Hall–Kier alpha value is -1.39. The topological polar surface area (TPSA) is 102 Å². The summed E-state index contributed by atoms with van der Waals surface area (Å²) in [5.74, 6) is -0.849. The zero-order valence-electron chi connectivity index (χ0n) is 13.8. The van der Waals surface area contributed by atoms with Crippen LogP contribution in [0, 0.1) is 3.57 Å². The van der Waals surface area contributed by atoms with Gasteiger partial charge in [0.15, 0.2) is 0 Å². The van der Waals surface area contributed by atoms with Gasteiger partial charge in [-0.05, 0) is 46.9 Å². The van der Waals surface area contributed by atoms with Gasteiger partial charge in [0, 0.05) is 14.7 Å². The van der Waals surface area contributed by atoms with Gasteiger partial charge in [0.05, 0.1) is 16.2 Å². The molecule has 2 aromatic rings. The number of anilines is 1. The molecular weight excluding hydrogens is 477 g/mol. The van der Waals surface area contributed by atoms with E-state index in [1.54, 1.807) is 6.07 Å². The van der Waals surface area contributed by atoms with Crippen molar-refractivity contribution in [1.82, 2.24) is 9.71 Å². The van der Waals surface area contributed by atoms with Gasteiger partial charge >= 0.3 is 0 Å². The minimum absolute atomic E-state index is 0.00783. The summed E-state index contributed by atoms with van der Waals surface area (Å²) in [5.41, 5.74) is 6.33. The van der Waals surface area contributed by atoms with E-state index in [9.17, 15) is 13.2 Å². The summed E-state index contributed by atoms with van der Waals surface area (Å²) >= 11 is 8.16. The third kappa shape index (κ3) is 4.62. The fourth-order valence-electron chi connectivity index (χ4n) is 2.07. The molecule has 1 heterocycles. The van der Waals surface area contributed by atoms with E-state index in [-0.39, 0.29) is 26.7 Å². The predicted molar refractivity (Wildman–Crippen MR) is 106 cm³/mol. The van der Waals surface area contributed by atoms with Crippen molar-refractivity contribution in [2.75, 3.05) is 5.73 Å². The number of sulfonamides is 1. The average Bonchev–Trinajstić information content (AvgIpc) is 2.47. The van der Waals surface area contributed by atoms with Crippen LogP contribution in [0.15, 0.2) is 35.2 Å². The molecule has 1 aromatic carbocycles. The molecule has 0 aliphatic carbocycles. The molecule has 0 saturated heterocycles. The molecule has 0 saturated carbocycles. The highest BCUT2D eigenvalue weighted by molar-refractivity contribution is 14.1. The quantitative estimate of drug-likeness (QED) is 0.388. The van der Waals surface area contributed by atoms with Gasteiger partial charge in [-0.25, -0.2) is 18.1 Å². The Bertz CT molecular complexity index is 940. The molecule has 9 heteroatoms. The first-order valence-corrected chi connectivity index (χ1v) is 10.1. The standard InChI is InChI=1S/C16H17ClIN3O3S/c1-16(2,3)13-12(18)8-11(14(17)20-13)15(22)21-25(23,24)10-6-4-5-9(19)7-10/h4-8H,19H2,1-3H3,(H,21,22). The number of pyridine rings is 1. The smallest absolute Gasteiger partial charge is 0.268 e. The number of nitrogens with one attached hydrogen (secondary N) is 1. The van der Waals surface area contributed by atoms with Crippen LogP contribution in [-0.2, 0) is 15.4 Å². The minimum atomic E-state index is -4.07. The lowest BCUT2D eigenvalue weighted by atomic mass is 9.91. The number of rotatable bonds is 3. The van der Waals surface area contributed by atoms with Gasteiger partial charge in [0.2, 0.25) is 0 Å². The largest absolute Gasteiger partial charge is 0.399 e. The van der Waals surface area contributed by atoms with Crippen LogP contribution in [0.5, 0.6) is 0 Å². The fraction of sp³-hybridized carbons (Fsp3) is 0.250. The molecule has 1 amide bonds. The number of nitrogen functional groups attached to an aromatic ring is 1. The maximum Gasteiger partial charge on any atom is 0.268 e. The van der Waals surface area contributed by atoms with Crippen molar-refractivity contribution < 1.29 is 13.2 Å². The van der Waals surface area contributed by atoms with Crippen molar-refractivity contribution in [2.45, 2.75) is 31.1 Å². The van der Waals surface area contributed by atoms with Crippen LogP contribution in [0.3, 0.4) is 0 Å². The Morgan fingerprint density at radius 3 is 2.48 bits per heavy atom. The van der Waals surface area contributed by atoms with Crippen molar-refractivity contribution in [1.29, 1.82) is 0 Å². The van der Waals surface area contributed by atoms with Gasteiger partial charge in [-0.1, -0.05) is 38.4 Å². The number of hydrogen-bond acceptors (Lipinski definition) is 5. The second-order valence-electron chi connectivity index (χ2n) is 6.41. The van der Waals surface area contributed by atoms with Gasteiger partial charge in [-0.15, -0.1) is 0 Å². The Morgan fingerprint density at radius 1 is 1.28 bits per heavy atom. The van der Waals surface area contributed by atoms with E-state index >= 15 is 0 Å². The summed E-state index contributed by atoms with van der Waals surface area (Å²) in [4.78, 5) is 16.6. The summed E-state index contributed by atoms with van der Waals surface area (Å²) in [6.07, 6.45) is 0. The molecule has 0 radical (unpaired) electrons. The molecule has 0 unspecified atom stereocenters. The van der Waals surface area contributed by atoms with Crippen LogP contribution in [0.25, 0.3) is 0 Å². The summed E-state index contributed by atoms with van der Waals surface area (Å²) in [5, 5.41) is -0.0504. The van der Waals surface area contributed by atoms with Crippen LogP contribution in [0.1, 0.15) is 36.8 Å². The number of amides is 1. The maximum atomic E-state index is 12.4. The number of nitrogens with zero attached hydrogens (tertiary/aromatic N) is 1. The predicted octanol–water partition coefficient (Wildman–Crippen LogP) is 3.34. The van der Waals surface area contributed by atoms with Crippen molar-refractivity contribution in [2.24, 2.45) is 0 Å². The zero-order chi connectivity index (χ0) is 19.0. The van der Waals surface area contributed by atoms with E-state index in [0.29, 0.717) is 0 Å². The monoisotopic (exact) mass is 493 g/mol. The van der Waals surface area contributed by atoms with Crippen LogP contribution < -0.4 is 10.5 Å². The second kappa shape index (κ2) is 7.08. The molecule has 6 nitrogen and oxygen atoms in total. The van der Waals surface area contributed by atoms with Gasteiger partial charge < -0.3 is 5.73 Å². The summed E-state index contributed by atoms with van der Waals surface area (Å²) < 4.78 is 27.4. The summed E-state index contributed by atoms with van der Waals surface area (Å²) in [6, 6.07) is 7.18. The summed E-state index contributed by atoms with van der Waals surface area (Å²) in [6.45, 7) is 5.91. The van der Waals surface area contributed by atoms with Gasteiger partial charge in [0.1, 0.15) is 5.15 Å². The number of hydrogen-bond donors (Lipinski definition) is 2. The third-order valence-corrected chi connectivity index (χ3v) is 5.72. The SMILES string of the molecule is CC(C)(C)c1nc(Cl)c(C(=O)NS(=O)(=O)c2cccc(N)c2)cc1I. The van der Waals surface area contributed by atoms with Crippen LogP contribution in [0.2, 0.25) is 5.15 Å². The number of nitrogens with two attached hydrogens (primary N) is 1. The van der Waals surface area contributed by atoms with E-state index in [1.165, 1.54) is 24.3 Å². The van der Waals surface area contributed by atoms with E-state index < -0.39 is 15.9 Å². The number of carbonyl (C=O) groups is 1. The number of carbonyl (C=O) groups excluding carboxylic acids is 1. The van der Waals surface area contributed by atoms with Crippen molar-refractivity contribution in [3.05, 3.63) is 50.3 Å². The van der Waals surface area contributed by atoms with E-state index in [4.69, 9.17) is 17.3 Å². The molecule has 3 N–H and O–H groups in total. The Balaban J connectivity index is 2.37. The highest BCUT2D eigenvalue weighted by atomic mass is 127. The molecule has 2 rings (SSSR count). The van der Waals surface area contributed by atoms with Crippen LogP contribution in [-0.4, -0.2) is 19.3 Å². The van der Waals surface area contributed by atoms with E-state index in [1.807, 2.05) is 48.1 Å². The molecular formula is C16H17ClIN3O3S. The minimum Gasteiger partial charge on any atom is -0.399 e. The maximum absolute atomic E-state index is 12.4. The second-order valence-corrected chi connectivity index (χ2v) is 9.62. The normalized spacial score (nSPS) is 12.0. The molecule has 134 valence electrons. The van der Waals surface area contributed by atoms with E-state index in [0.717, 1.165) is 9.26 Å². The van der Waals surface area contributed by atoms with Crippen molar-refractivity contribution in [3.8, 4) is 0 Å². The van der Waals surface area contributed by atoms with Crippen LogP contribution >= 0.6 is 34.2 Å². The van der Waals surface area contributed by atoms with Crippen molar-refractivity contribution >= 4 is 55.8 Å². The Labute approximate surface area is 165 Å². The molecule has 0 fully saturated rings. The lowest BCUT2D eigenvalue weighted by Gasteiger charge is -2.20. The molecule has 0 aliphatic heterocycles. The summed E-state index contributed by atoms with van der Waals surface area (Å²) in [7, 11) is -4.07. The molecule has 0 atom stereocenters.